The molecule has 0 radical (unpaired) electrons. The number of phenols is 1. The van der Waals surface area contributed by atoms with E-state index >= 15 is 0 Å². The average Bonchev–Trinajstić information content (AvgIpc) is 2.47. The van der Waals surface area contributed by atoms with Crippen LogP contribution in [0.4, 0.5) is 10.1 Å². The minimum atomic E-state index is -0.428. The Labute approximate surface area is 115 Å². The van der Waals surface area contributed by atoms with Gasteiger partial charge in [0.15, 0.2) is 0 Å². The fourth-order valence-corrected chi connectivity index (χ4v) is 1.77. The van der Waals surface area contributed by atoms with Crippen molar-refractivity contribution in [3.63, 3.8) is 0 Å². The highest BCUT2D eigenvalue weighted by molar-refractivity contribution is 5.90. The lowest BCUT2D eigenvalue weighted by Crippen LogP contribution is -2.04. The molecule has 0 aliphatic rings. The standard InChI is InChI=1S/C15H14FNO3/c1-20-15(19)10-3-2-4-13(8-10)17-9-11-7-12(16)5-6-14(11)18/h2-8,17-18H,9H2,1H3. The molecular weight excluding hydrogens is 261 g/mol. The van der Waals surface area contributed by atoms with E-state index in [1.807, 2.05) is 0 Å². The van der Waals surface area contributed by atoms with Crippen molar-refractivity contribution in [2.45, 2.75) is 6.54 Å². The first-order valence-corrected chi connectivity index (χ1v) is 6.00. The Morgan fingerprint density at radius 1 is 1.30 bits per heavy atom. The van der Waals surface area contributed by atoms with Gasteiger partial charge in [0.05, 0.1) is 12.7 Å². The number of nitrogens with one attached hydrogen (secondary N) is 1. The molecule has 0 unspecified atom stereocenters. The molecule has 2 aromatic carbocycles. The van der Waals surface area contributed by atoms with Gasteiger partial charge in [-0.25, -0.2) is 9.18 Å². The molecule has 20 heavy (non-hydrogen) atoms. The Morgan fingerprint density at radius 3 is 2.85 bits per heavy atom. The molecule has 0 aliphatic heterocycles. The highest BCUT2D eigenvalue weighted by Crippen LogP contribution is 2.20. The number of hydrogen-bond acceptors (Lipinski definition) is 4. The summed E-state index contributed by atoms with van der Waals surface area (Å²) in [4.78, 5) is 11.4. The van der Waals surface area contributed by atoms with Gasteiger partial charge in [0.1, 0.15) is 11.6 Å². The van der Waals surface area contributed by atoms with Gasteiger partial charge in [-0.1, -0.05) is 6.07 Å². The lowest BCUT2D eigenvalue weighted by molar-refractivity contribution is 0.0601. The smallest absolute Gasteiger partial charge is 0.337 e. The number of ether oxygens (including phenoxy) is 1. The van der Waals surface area contributed by atoms with E-state index in [9.17, 15) is 14.3 Å². The largest absolute Gasteiger partial charge is 0.508 e. The van der Waals surface area contributed by atoms with Crippen LogP contribution >= 0.6 is 0 Å². The van der Waals surface area contributed by atoms with Crippen LogP contribution in [-0.4, -0.2) is 18.2 Å². The van der Waals surface area contributed by atoms with Crippen molar-refractivity contribution >= 4 is 11.7 Å². The monoisotopic (exact) mass is 275 g/mol. The Balaban J connectivity index is 2.11. The Kier molecular flexibility index (Phi) is 4.20. The number of rotatable bonds is 4. The maximum atomic E-state index is 13.1. The van der Waals surface area contributed by atoms with E-state index in [1.165, 1.54) is 25.3 Å². The normalized spacial score (nSPS) is 10.1. The fourth-order valence-electron chi connectivity index (χ4n) is 1.77. The number of esters is 1. The summed E-state index contributed by atoms with van der Waals surface area (Å²) in [7, 11) is 1.31. The Hall–Kier alpha value is -2.56. The third-order valence-corrected chi connectivity index (χ3v) is 2.81. The van der Waals surface area contributed by atoms with Crippen molar-refractivity contribution in [2.24, 2.45) is 0 Å². The van der Waals surface area contributed by atoms with Crippen LogP contribution in [0.2, 0.25) is 0 Å². The van der Waals surface area contributed by atoms with Gasteiger partial charge < -0.3 is 15.2 Å². The second-order valence-electron chi connectivity index (χ2n) is 4.20. The number of anilines is 1. The molecule has 0 fully saturated rings. The topological polar surface area (TPSA) is 58.6 Å². The van der Waals surface area contributed by atoms with Crippen LogP contribution in [0.1, 0.15) is 15.9 Å². The van der Waals surface area contributed by atoms with E-state index in [-0.39, 0.29) is 12.3 Å². The average molecular weight is 275 g/mol. The van der Waals surface area contributed by atoms with Crippen molar-refractivity contribution < 1.29 is 19.0 Å². The molecule has 2 rings (SSSR count). The fraction of sp³-hybridized carbons (Fsp3) is 0.133. The first-order chi connectivity index (χ1) is 9.60. The van der Waals surface area contributed by atoms with Gasteiger partial charge in [-0.15, -0.1) is 0 Å². The molecule has 2 aromatic rings. The minimum Gasteiger partial charge on any atom is -0.508 e. The molecule has 0 aliphatic carbocycles. The SMILES string of the molecule is COC(=O)c1cccc(NCc2cc(F)ccc2O)c1. The Morgan fingerprint density at radius 2 is 2.10 bits per heavy atom. The number of carbonyl (C=O) groups excluding carboxylic acids is 1. The number of benzene rings is 2. The van der Waals surface area contributed by atoms with Crippen molar-refractivity contribution in [3.8, 4) is 5.75 Å². The molecule has 0 saturated carbocycles. The summed E-state index contributed by atoms with van der Waals surface area (Å²) in [5, 5.41) is 12.6. The van der Waals surface area contributed by atoms with Gasteiger partial charge in [-0.05, 0) is 36.4 Å². The molecule has 0 saturated heterocycles. The molecule has 0 heterocycles. The zero-order valence-electron chi connectivity index (χ0n) is 10.9. The molecule has 0 bridgehead atoms. The zero-order chi connectivity index (χ0) is 14.5. The van der Waals surface area contributed by atoms with E-state index in [0.29, 0.717) is 16.8 Å². The zero-order valence-corrected chi connectivity index (χ0v) is 10.9. The van der Waals surface area contributed by atoms with Crippen molar-refractivity contribution in [1.82, 2.24) is 0 Å². The van der Waals surface area contributed by atoms with Gasteiger partial charge in [0.25, 0.3) is 0 Å². The molecule has 104 valence electrons. The highest BCUT2D eigenvalue weighted by atomic mass is 19.1. The third kappa shape index (κ3) is 3.26. The quantitative estimate of drug-likeness (QED) is 0.842. The van der Waals surface area contributed by atoms with Gasteiger partial charge in [-0.3, -0.25) is 0 Å². The summed E-state index contributed by atoms with van der Waals surface area (Å²) in [5.41, 5.74) is 1.53. The lowest BCUT2D eigenvalue weighted by atomic mass is 10.1. The molecule has 4 nitrogen and oxygen atoms in total. The predicted molar refractivity (Wildman–Crippen MR) is 73.2 cm³/mol. The van der Waals surface area contributed by atoms with Gasteiger partial charge >= 0.3 is 5.97 Å². The number of phenolic OH excluding ortho intramolecular Hbond substituents is 1. The van der Waals surface area contributed by atoms with Crippen LogP contribution < -0.4 is 5.32 Å². The van der Waals surface area contributed by atoms with Crippen molar-refractivity contribution in [1.29, 1.82) is 0 Å². The first-order valence-electron chi connectivity index (χ1n) is 6.00. The van der Waals surface area contributed by atoms with Crippen LogP contribution in [0.25, 0.3) is 0 Å². The second kappa shape index (κ2) is 6.06. The van der Waals surface area contributed by atoms with E-state index in [1.54, 1.807) is 24.3 Å². The molecule has 0 aromatic heterocycles. The minimum absolute atomic E-state index is 0.0167. The van der Waals surface area contributed by atoms with Crippen LogP contribution in [0.3, 0.4) is 0 Å². The molecule has 0 amide bonds. The second-order valence-corrected chi connectivity index (χ2v) is 4.20. The molecule has 2 N–H and O–H groups in total. The van der Waals surface area contributed by atoms with Crippen molar-refractivity contribution in [2.75, 3.05) is 12.4 Å². The number of carbonyl (C=O) groups is 1. The molecule has 0 spiro atoms. The number of methoxy groups -OCH3 is 1. The summed E-state index contributed by atoms with van der Waals surface area (Å²) in [6, 6.07) is 10.5. The van der Waals surface area contributed by atoms with Crippen LogP contribution in [0.15, 0.2) is 42.5 Å². The van der Waals surface area contributed by atoms with E-state index < -0.39 is 11.8 Å². The molecular formula is C15H14FNO3. The van der Waals surface area contributed by atoms with Gasteiger partial charge in [0, 0.05) is 17.8 Å². The Bertz CT molecular complexity index is 628. The summed E-state index contributed by atoms with van der Waals surface area (Å²) >= 11 is 0. The molecule has 5 heteroatoms. The summed E-state index contributed by atoms with van der Waals surface area (Å²) in [5.74, 6) is -0.826. The highest BCUT2D eigenvalue weighted by Gasteiger charge is 2.06. The predicted octanol–water partition coefficient (Wildman–Crippen LogP) is 2.93. The maximum Gasteiger partial charge on any atom is 0.337 e. The first kappa shape index (κ1) is 13.9. The summed E-state index contributed by atoms with van der Waals surface area (Å²) < 4.78 is 17.7. The summed E-state index contributed by atoms with van der Waals surface area (Å²) in [6.07, 6.45) is 0. The third-order valence-electron chi connectivity index (χ3n) is 2.81. The van der Waals surface area contributed by atoms with Crippen LogP contribution in [0, 0.1) is 5.82 Å². The van der Waals surface area contributed by atoms with Gasteiger partial charge in [-0.2, -0.15) is 0 Å². The van der Waals surface area contributed by atoms with E-state index in [2.05, 4.69) is 10.1 Å². The van der Waals surface area contributed by atoms with Crippen LogP contribution in [0.5, 0.6) is 5.75 Å². The van der Waals surface area contributed by atoms with E-state index in [4.69, 9.17) is 0 Å². The van der Waals surface area contributed by atoms with Gasteiger partial charge in [0.2, 0.25) is 0 Å². The summed E-state index contributed by atoms with van der Waals surface area (Å²) in [6.45, 7) is 0.244. The van der Waals surface area contributed by atoms with E-state index in [0.717, 1.165) is 0 Å². The number of halogens is 1. The van der Waals surface area contributed by atoms with Crippen LogP contribution in [-0.2, 0) is 11.3 Å². The maximum absolute atomic E-state index is 13.1. The number of aromatic hydroxyl groups is 1. The number of hydrogen-bond donors (Lipinski definition) is 2. The molecule has 0 atom stereocenters. The lowest BCUT2D eigenvalue weighted by Gasteiger charge is -2.09. The van der Waals surface area contributed by atoms with Crippen molar-refractivity contribution in [3.05, 3.63) is 59.4 Å².